The van der Waals surface area contributed by atoms with Crippen LogP contribution in [0.3, 0.4) is 0 Å². The maximum Gasteiger partial charge on any atom is 0.419 e. The molecule has 0 aliphatic heterocycles. The van der Waals surface area contributed by atoms with E-state index < -0.39 is 23.3 Å². The summed E-state index contributed by atoms with van der Waals surface area (Å²) in [5.41, 5.74) is -1.48. The smallest absolute Gasteiger partial charge is 0.419 e. The van der Waals surface area contributed by atoms with Crippen molar-refractivity contribution in [3.05, 3.63) is 29.3 Å². The van der Waals surface area contributed by atoms with E-state index in [2.05, 4.69) is 0 Å². The monoisotopic (exact) mass is 248 g/mol. The normalized spacial score (nSPS) is 11.3. The van der Waals surface area contributed by atoms with Crippen LogP contribution in [-0.4, -0.2) is 17.7 Å². The van der Waals surface area contributed by atoms with Crippen molar-refractivity contribution in [3.8, 4) is 5.75 Å². The molecule has 0 unspecified atom stereocenters. The molecular formula is C11H11F3O3. The molecular weight excluding hydrogens is 237 g/mol. The Morgan fingerprint density at radius 1 is 1.41 bits per heavy atom. The predicted octanol–water partition coefficient (Wildman–Crippen LogP) is 3.19. The number of carboxylic acid groups (broad SMARTS) is 1. The molecule has 94 valence electrons. The molecule has 6 heteroatoms. The SMILES string of the molecule is CCCOc1ccc(C(=O)O)cc1C(F)(F)F. The fourth-order valence-electron chi connectivity index (χ4n) is 1.22. The van der Waals surface area contributed by atoms with Crippen LogP contribution >= 0.6 is 0 Å². The molecule has 0 aromatic heterocycles. The van der Waals surface area contributed by atoms with Gasteiger partial charge >= 0.3 is 12.1 Å². The van der Waals surface area contributed by atoms with Crippen molar-refractivity contribution in [1.29, 1.82) is 0 Å². The minimum absolute atomic E-state index is 0.148. The van der Waals surface area contributed by atoms with Crippen molar-refractivity contribution in [1.82, 2.24) is 0 Å². The largest absolute Gasteiger partial charge is 0.493 e. The summed E-state index contributed by atoms with van der Waals surface area (Å²) < 4.78 is 42.9. The number of carboxylic acids is 1. The van der Waals surface area contributed by atoms with Gasteiger partial charge in [-0.3, -0.25) is 0 Å². The van der Waals surface area contributed by atoms with Gasteiger partial charge in [-0.05, 0) is 24.6 Å². The maximum atomic E-state index is 12.6. The standard InChI is InChI=1S/C11H11F3O3/c1-2-5-17-9-4-3-7(10(15)16)6-8(9)11(12,13)14/h3-4,6H,2,5H2,1H3,(H,15,16). The summed E-state index contributed by atoms with van der Waals surface area (Å²) in [5, 5.41) is 8.63. The third-order valence-electron chi connectivity index (χ3n) is 1.99. The van der Waals surface area contributed by atoms with E-state index in [0.717, 1.165) is 12.1 Å². The van der Waals surface area contributed by atoms with E-state index in [1.165, 1.54) is 0 Å². The van der Waals surface area contributed by atoms with Crippen molar-refractivity contribution in [3.63, 3.8) is 0 Å². The van der Waals surface area contributed by atoms with Gasteiger partial charge in [0.25, 0.3) is 0 Å². The number of carbonyl (C=O) groups is 1. The second-order valence-corrected chi connectivity index (χ2v) is 3.36. The van der Waals surface area contributed by atoms with E-state index in [9.17, 15) is 18.0 Å². The van der Waals surface area contributed by atoms with E-state index in [0.29, 0.717) is 12.5 Å². The molecule has 1 rings (SSSR count). The second kappa shape index (κ2) is 5.07. The van der Waals surface area contributed by atoms with Gasteiger partial charge in [0.1, 0.15) is 5.75 Å². The van der Waals surface area contributed by atoms with Crippen LogP contribution in [0, 0.1) is 0 Å². The van der Waals surface area contributed by atoms with Crippen LogP contribution in [0.5, 0.6) is 5.75 Å². The Hall–Kier alpha value is -1.72. The Labute approximate surface area is 95.8 Å². The molecule has 0 atom stereocenters. The molecule has 17 heavy (non-hydrogen) atoms. The molecule has 0 fully saturated rings. The van der Waals surface area contributed by atoms with Gasteiger partial charge < -0.3 is 9.84 Å². The second-order valence-electron chi connectivity index (χ2n) is 3.36. The van der Waals surface area contributed by atoms with E-state index in [4.69, 9.17) is 9.84 Å². The molecule has 0 amide bonds. The molecule has 0 bridgehead atoms. The van der Waals surface area contributed by atoms with Crippen LogP contribution in [0.15, 0.2) is 18.2 Å². The van der Waals surface area contributed by atoms with E-state index in [1.54, 1.807) is 6.92 Å². The lowest BCUT2D eigenvalue weighted by molar-refractivity contribution is -0.139. The van der Waals surface area contributed by atoms with Crippen molar-refractivity contribution in [2.75, 3.05) is 6.61 Å². The lowest BCUT2D eigenvalue weighted by Crippen LogP contribution is -2.11. The number of alkyl halides is 3. The summed E-state index contributed by atoms with van der Waals surface area (Å²) >= 11 is 0. The highest BCUT2D eigenvalue weighted by Gasteiger charge is 2.35. The summed E-state index contributed by atoms with van der Waals surface area (Å²) in [5.74, 6) is -1.75. The van der Waals surface area contributed by atoms with Gasteiger partial charge in [-0.1, -0.05) is 6.92 Å². The van der Waals surface area contributed by atoms with Crippen molar-refractivity contribution in [2.45, 2.75) is 19.5 Å². The van der Waals surface area contributed by atoms with Gasteiger partial charge in [-0.2, -0.15) is 13.2 Å². The van der Waals surface area contributed by atoms with Gasteiger partial charge in [0.05, 0.1) is 17.7 Å². The highest BCUT2D eigenvalue weighted by molar-refractivity contribution is 5.88. The van der Waals surface area contributed by atoms with Crippen LogP contribution in [0.4, 0.5) is 13.2 Å². The number of hydrogen-bond acceptors (Lipinski definition) is 2. The van der Waals surface area contributed by atoms with Crippen LogP contribution < -0.4 is 4.74 Å². The predicted molar refractivity (Wildman–Crippen MR) is 54.2 cm³/mol. The summed E-state index contributed by atoms with van der Waals surface area (Å²) in [6.45, 7) is 1.91. The fourth-order valence-corrected chi connectivity index (χ4v) is 1.22. The van der Waals surface area contributed by atoms with Gasteiger partial charge in [-0.25, -0.2) is 4.79 Å². The Morgan fingerprint density at radius 3 is 2.53 bits per heavy atom. The van der Waals surface area contributed by atoms with E-state index in [-0.39, 0.29) is 12.4 Å². The molecule has 1 aromatic carbocycles. The first-order chi connectivity index (χ1) is 7.86. The molecule has 0 radical (unpaired) electrons. The van der Waals surface area contributed by atoms with E-state index in [1.807, 2.05) is 0 Å². The zero-order valence-electron chi connectivity index (χ0n) is 9.04. The topological polar surface area (TPSA) is 46.5 Å². The van der Waals surface area contributed by atoms with Crippen LogP contribution in [0.25, 0.3) is 0 Å². The molecule has 1 aromatic rings. The maximum absolute atomic E-state index is 12.6. The van der Waals surface area contributed by atoms with Crippen LogP contribution in [0.1, 0.15) is 29.3 Å². The van der Waals surface area contributed by atoms with Crippen molar-refractivity contribution in [2.24, 2.45) is 0 Å². The van der Waals surface area contributed by atoms with Gasteiger partial charge in [0.2, 0.25) is 0 Å². The third-order valence-corrected chi connectivity index (χ3v) is 1.99. The summed E-state index contributed by atoms with van der Waals surface area (Å²) in [4.78, 5) is 10.6. The van der Waals surface area contributed by atoms with Gasteiger partial charge in [0, 0.05) is 0 Å². The minimum Gasteiger partial charge on any atom is -0.493 e. The number of benzene rings is 1. The highest BCUT2D eigenvalue weighted by Crippen LogP contribution is 2.36. The zero-order valence-corrected chi connectivity index (χ0v) is 9.04. The molecule has 0 aliphatic carbocycles. The molecule has 3 nitrogen and oxygen atoms in total. The Morgan fingerprint density at radius 2 is 2.06 bits per heavy atom. The van der Waals surface area contributed by atoms with Crippen LogP contribution in [-0.2, 0) is 6.18 Å². The first kappa shape index (κ1) is 13.3. The first-order valence-electron chi connectivity index (χ1n) is 4.93. The lowest BCUT2D eigenvalue weighted by Gasteiger charge is -2.14. The van der Waals surface area contributed by atoms with Crippen molar-refractivity contribution < 1.29 is 27.8 Å². The van der Waals surface area contributed by atoms with Crippen LogP contribution in [0.2, 0.25) is 0 Å². The molecule has 0 saturated heterocycles. The third kappa shape index (κ3) is 3.37. The number of hydrogen-bond donors (Lipinski definition) is 1. The average molecular weight is 248 g/mol. The quantitative estimate of drug-likeness (QED) is 0.890. The number of ether oxygens (including phenoxy) is 1. The summed E-state index contributed by atoms with van der Waals surface area (Å²) in [6, 6.07) is 2.69. The number of rotatable bonds is 4. The average Bonchev–Trinajstić information content (AvgIpc) is 2.24. The summed E-state index contributed by atoms with van der Waals surface area (Å²) in [6.07, 6.45) is -4.06. The number of aromatic carboxylic acids is 1. The molecule has 0 aliphatic rings. The van der Waals surface area contributed by atoms with Gasteiger partial charge in [0.15, 0.2) is 0 Å². The fraction of sp³-hybridized carbons (Fsp3) is 0.364. The Balaban J connectivity index is 3.17. The Kier molecular flexibility index (Phi) is 3.98. The molecule has 0 spiro atoms. The van der Waals surface area contributed by atoms with E-state index >= 15 is 0 Å². The lowest BCUT2D eigenvalue weighted by atomic mass is 10.1. The summed E-state index contributed by atoms with van der Waals surface area (Å²) in [7, 11) is 0. The first-order valence-corrected chi connectivity index (χ1v) is 4.93. The highest BCUT2D eigenvalue weighted by atomic mass is 19.4. The molecule has 0 saturated carbocycles. The minimum atomic E-state index is -4.63. The molecule has 0 heterocycles. The molecule has 1 N–H and O–H groups in total. The zero-order chi connectivity index (χ0) is 13.1. The van der Waals surface area contributed by atoms with Gasteiger partial charge in [-0.15, -0.1) is 0 Å². The Bertz CT molecular complexity index is 413. The number of halogens is 3. The van der Waals surface area contributed by atoms with Crippen molar-refractivity contribution >= 4 is 5.97 Å².